The second-order valence-corrected chi connectivity index (χ2v) is 9.72. The minimum atomic E-state index is -0.608. The van der Waals surface area contributed by atoms with Crippen LogP contribution >= 0.6 is 57.7 Å². The molecule has 0 fully saturated rings. The smallest absolute Gasteiger partial charge is 0.268 e. The van der Waals surface area contributed by atoms with Crippen molar-refractivity contribution in [2.45, 2.75) is 6.42 Å². The number of furan rings is 1. The quantitative estimate of drug-likeness (QED) is 0.195. The van der Waals surface area contributed by atoms with Crippen LogP contribution in [0.1, 0.15) is 16.2 Å². The van der Waals surface area contributed by atoms with E-state index in [0.717, 1.165) is 10.4 Å². The second-order valence-electron chi connectivity index (χ2n) is 6.97. The number of hydrogen-bond acceptors (Lipinski definition) is 5. The lowest BCUT2D eigenvalue weighted by Gasteiger charge is -2.03. The van der Waals surface area contributed by atoms with Gasteiger partial charge in [-0.1, -0.05) is 58.5 Å². The fourth-order valence-corrected chi connectivity index (χ4v) is 4.64. The summed E-state index contributed by atoms with van der Waals surface area (Å²) in [5.41, 5.74) is 1.31. The summed E-state index contributed by atoms with van der Waals surface area (Å²) in [6.07, 6.45) is 3.49. The molecule has 0 unspecified atom stereocenters. The van der Waals surface area contributed by atoms with Crippen molar-refractivity contribution < 1.29 is 9.21 Å². The van der Waals surface area contributed by atoms with Gasteiger partial charge in [0.15, 0.2) is 5.13 Å². The molecule has 1 N–H and O–H groups in total. The van der Waals surface area contributed by atoms with Crippen LogP contribution in [0.5, 0.6) is 0 Å². The number of carbonyl (C=O) groups is 1. The number of rotatable bonds is 6. The van der Waals surface area contributed by atoms with Gasteiger partial charge in [0.2, 0.25) is 0 Å². The Morgan fingerprint density at radius 3 is 2.74 bits per heavy atom. The summed E-state index contributed by atoms with van der Waals surface area (Å²) in [5, 5.41) is 14.4. The van der Waals surface area contributed by atoms with Crippen molar-refractivity contribution in [2.75, 3.05) is 5.32 Å². The minimum Gasteiger partial charge on any atom is -0.457 e. The van der Waals surface area contributed by atoms with Crippen LogP contribution in [0.2, 0.25) is 20.1 Å². The molecule has 0 spiro atoms. The van der Waals surface area contributed by atoms with Crippen LogP contribution in [0, 0.1) is 11.3 Å². The van der Waals surface area contributed by atoms with E-state index < -0.39 is 5.91 Å². The second kappa shape index (κ2) is 10.6. The number of nitrogens with one attached hydrogen (secondary N) is 1. The normalized spacial score (nSPS) is 11.3. The van der Waals surface area contributed by atoms with Gasteiger partial charge in [-0.3, -0.25) is 10.1 Å². The lowest BCUT2D eigenvalue weighted by atomic mass is 10.1. The molecule has 0 bridgehead atoms. The monoisotopic (exact) mass is 547 g/mol. The van der Waals surface area contributed by atoms with Crippen LogP contribution in [0.4, 0.5) is 5.13 Å². The first-order valence-electron chi connectivity index (χ1n) is 9.70. The molecule has 2 heterocycles. The van der Waals surface area contributed by atoms with Gasteiger partial charge in [-0.25, -0.2) is 4.98 Å². The Bertz CT molecular complexity index is 1450. The molecule has 0 aliphatic rings. The maximum atomic E-state index is 12.6. The lowest BCUT2D eigenvalue weighted by molar-refractivity contribution is -0.112. The number of anilines is 1. The first-order chi connectivity index (χ1) is 16.3. The topological polar surface area (TPSA) is 78.9 Å². The maximum Gasteiger partial charge on any atom is 0.268 e. The molecule has 0 aliphatic carbocycles. The lowest BCUT2D eigenvalue weighted by Crippen LogP contribution is -2.13. The Morgan fingerprint density at radius 2 is 1.94 bits per heavy atom. The first kappa shape index (κ1) is 24.3. The zero-order valence-electron chi connectivity index (χ0n) is 17.1. The number of thiazole rings is 1. The van der Waals surface area contributed by atoms with E-state index in [9.17, 15) is 10.1 Å². The Labute approximate surface area is 219 Å². The van der Waals surface area contributed by atoms with E-state index >= 15 is 0 Å². The van der Waals surface area contributed by atoms with E-state index in [1.807, 2.05) is 18.2 Å². The van der Waals surface area contributed by atoms with Gasteiger partial charge in [0, 0.05) is 34.2 Å². The van der Waals surface area contributed by atoms with E-state index in [4.69, 9.17) is 50.8 Å². The van der Waals surface area contributed by atoms with Gasteiger partial charge >= 0.3 is 0 Å². The zero-order chi connectivity index (χ0) is 24.2. The molecule has 2 aromatic heterocycles. The number of amides is 1. The van der Waals surface area contributed by atoms with E-state index in [1.54, 1.807) is 42.6 Å². The predicted molar refractivity (Wildman–Crippen MR) is 138 cm³/mol. The van der Waals surface area contributed by atoms with E-state index in [-0.39, 0.29) is 5.57 Å². The van der Waals surface area contributed by atoms with Crippen molar-refractivity contribution in [1.82, 2.24) is 4.98 Å². The number of carbonyl (C=O) groups excluding carboxylic acids is 1. The average Bonchev–Trinajstić information content (AvgIpc) is 3.46. The molecule has 4 aromatic rings. The highest BCUT2D eigenvalue weighted by atomic mass is 35.5. The molecular formula is C24H13Cl4N3O2S. The highest BCUT2D eigenvalue weighted by molar-refractivity contribution is 7.15. The van der Waals surface area contributed by atoms with Crippen molar-refractivity contribution in [1.29, 1.82) is 5.26 Å². The number of nitriles is 1. The molecular weight excluding hydrogens is 536 g/mol. The summed E-state index contributed by atoms with van der Waals surface area (Å²) < 4.78 is 5.74. The van der Waals surface area contributed by atoms with Gasteiger partial charge in [-0.2, -0.15) is 5.26 Å². The van der Waals surface area contributed by atoms with Crippen molar-refractivity contribution >= 4 is 74.9 Å². The van der Waals surface area contributed by atoms with Crippen LogP contribution in [0.15, 0.2) is 64.7 Å². The van der Waals surface area contributed by atoms with Gasteiger partial charge in [0.05, 0.1) is 15.1 Å². The molecule has 0 aliphatic heterocycles. The Hall–Kier alpha value is -2.79. The highest BCUT2D eigenvalue weighted by Crippen LogP contribution is 2.33. The molecule has 0 radical (unpaired) electrons. The third kappa shape index (κ3) is 5.64. The molecule has 0 atom stereocenters. The fraction of sp³-hybridized carbons (Fsp3) is 0.0417. The molecule has 2 aromatic carbocycles. The fourth-order valence-electron chi connectivity index (χ4n) is 3.04. The number of hydrogen-bond donors (Lipinski definition) is 1. The Kier molecular flexibility index (Phi) is 7.62. The van der Waals surface area contributed by atoms with Gasteiger partial charge < -0.3 is 4.42 Å². The summed E-state index contributed by atoms with van der Waals surface area (Å²) in [7, 11) is 0. The van der Waals surface area contributed by atoms with E-state index in [1.165, 1.54) is 17.4 Å². The zero-order valence-corrected chi connectivity index (χ0v) is 21.0. The minimum absolute atomic E-state index is 0.146. The molecule has 34 heavy (non-hydrogen) atoms. The molecule has 5 nitrogen and oxygen atoms in total. The van der Waals surface area contributed by atoms with Crippen molar-refractivity contribution in [3.05, 3.63) is 96.6 Å². The molecule has 10 heteroatoms. The third-order valence-corrected chi connectivity index (χ3v) is 6.98. The number of halogens is 4. The molecule has 0 saturated heterocycles. The van der Waals surface area contributed by atoms with Crippen molar-refractivity contribution in [3.8, 4) is 17.4 Å². The van der Waals surface area contributed by atoms with Crippen LogP contribution in [0.25, 0.3) is 17.4 Å². The van der Waals surface area contributed by atoms with Gasteiger partial charge in [-0.15, -0.1) is 11.3 Å². The number of aromatic nitrogens is 1. The Balaban J connectivity index is 1.48. The summed E-state index contributed by atoms with van der Waals surface area (Å²) in [6, 6.07) is 15.6. The first-order valence-corrected chi connectivity index (χ1v) is 12.0. The predicted octanol–water partition coefficient (Wildman–Crippen LogP) is 8.15. The average molecular weight is 549 g/mol. The number of benzene rings is 2. The van der Waals surface area contributed by atoms with Crippen LogP contribution < -0.4 is 5.32 Å². The van der Waals surface area contributed by atoms with Gasteiger partial charge in [-0.05, 0) is 42.0 Å². The summed E-state index contributed by atoms with van der Waals surface area (Å²) in [6.45, 7) is 0. The van der Waals surface area contributed by atoms with Gasteiger partial charge in [0.25, 0.3) is 5.91 Å². The summed E-state index contributed by atoms with van der Waals surface area (Å²) in [4.78, 5) is 17.7. The van der Waals surface area contributed by atoms with E-state index in [2.05, 4.69) is 10.3 Å². The SMILES string of the molecule is N#CC(=Cc1ccc(-c2cc(Cl)ccc2Cl)o1)C(=O)Nc1ncc(Cc2cccc(Cl)c2Cl)s1. The van der Waals surface area contributed by atoms with Crippen LogP contribution in [0.3, 0.4) is 0 Å². The van der Waals surface area contributed by atoms with Crippen LogP contribution in [-0.4, -0.2) is 10.9 Å². The maximum absolute atomic E-state index is 12.6. The molecule has 0 saturated carbocycles. The molecule has 1 amide bonds. The number of nitrogens with zero attached hydrogens (tertiary/aromatic N) is 2. The summed E-state index contributed by atoms with van der Waals surface area (Å²) >= 11 is 25.8. The van der Waals surface area contributed by atoms with Crippen molar-refractivity contribution in [2.24, 2.45) is 0 Å². The summed E-state index contributed by atoms with van der Waals surface area (Å²) in [5.74, 6) is 0.164. The van der Waals surface area contributed by atoms with Gasteiger partial charge in [0.1, 0.15) is 23.2 Å². The molecule has 4 rings (SSSR count). The molecule has 170 valence electrons. The Morgan fingerprint density at radius 1 is 1.12 bits per heavy atom. The van der Waals surface area contributed by atoms with Crippen molar-refractivity contribution in [3.63, 3.8) is 0 Å². The third-order valence-electron chi connectivity index (χ3n) is 4.64. The highest BCUT2D eigenvalue weighted by Gasteiger charge is 2.15. The standard InChI is InChI=1S/C24H13Cl4N3O2S/c25-15-4-6-19(26)18(10-15)21-7-5-16(33-21)8-14(11-29)23(32)31-24-30-12-17(34-24)9-13-2-1-3-20(27)22(13)28/h1-8,10,12H,9H2,(H,30,31,32). The van der Waals surface area contributed by atoms with Crippen LogP contribution in [-0.2, 0) is 11.2 Å². The largest absolute Gasteiger partial charge is 0.457 e. The van der Waals surface area contributed by atoms with E-state index in [0.29, 0.717) is 48.7 Å².